The van der Waals surface area contributed by atoms with Crippen LogP contribution in [0, 0.1) is 0 Å². The van der Waals surface area contributed by atoms with Crippen LogP contribution in [0.5, 0.6) is 0 Å². The number of rotatable bonds is 0. The number of allylic oxidation sites excluding steroid dienone is 1. The number of fused-ring (bicyclic) bond motifs is 1. The van der Waals surface area contributed by atoms with Gasteiger partial charge in [0.2, 0.25) is 0 Å². The van der Waals surface area contributed by atoms with Crippen LogP contribution in [0.25, 0.3) is 0 Å². The molecule has 0 unspecified atom stereocenters. The van der Waals surface area contributed by atoms with Crippen molar-refractivity contribution in [1.82, 2.24) is 0 Å². The third-order valence-corrected chi connectivity index (χ3v) is 2.30. The molecular formula is C7H8OS. The molecule has 9 heavy (non-hydrogen) atoms. The Bertz CT molecular complexity index is 161. The molecule has 1 saturated heterocycles. The Morgan fingerprint density at radius 2 is 2.56 bits per heavy atom. The predicted molar refractivity (Wildman–Crippen MR) is 39.2 cm³/mol. The molecule has 2 aliphatic rings. The summed E-state index contributed by atoms with van der Waals surface area (Å²) in [6, 6.07) is 0. The zero-order valence-electron chi connectivity index (χ0n) is 5.09. The standard InChI is InChI=1S/C7H8OS/c1-3-8-7-5-9-4-2-6(1)7/h2,5H,1,3-4H2. The Morgan fingerprint density at radius 1 is 1.56 bits per heavy atom. The summed E-state index contributed by atoms with van der Waals surface area (Å²) in [5.41, 5.74) is 1.41. The lowest BCUT2D eigenvalue weighted by molar-refractivity contribution is 0.266. The van der Waals surface area contributed by atoms with Crippen LogP contribution in [-0.4, -0.2) is 12.4 Å². The molecule has 0 aromatic rings. The van der Waals surface area contributed by atoms with E-state index in [-0.39, 0.29) is 0 Å². The first kappa shape index (κ1) is 5.42. The highest BCUT2D eigenvalue weighted by Crippen LogP contribution is 2.29. The van der Waals surface area contributed by atoms with Gasteiger partial charge in [0.05, 0.1) is 6.61 Å². The fourth-order valence-electron chi connectivity index (χ4n) is 1.07. The molecular weight excluding hydrogens is 132 g/mol. The summed E-state index contributed by atoms with van der Waals surface area (Å²) in [6.07, 6.45) is 3.37. The Labute approximate surface area is 58.8 Å². The Kier molecular flexibility index (Phi) is 1.27. The quantitative estimate of drug-likeness (QED) is 0.508. The topological polar surface area (TPSA) is 9.23 Å². The summed E-state index contributed by atoms with van der Waals surface area (Å²) in [5, 5.41) is 2.11. The molecule has 0 N–H and O–H groups in total. The Hall–Kier alpha value is -0.370. The highest BCUT2D eigenvalue weighted by atomic mass is 32.2. The van der Waals surface area contributed by atoms with E-state index in [9.17, 15) is 0 Å². The minimum atomic E-state index is 0.887. The second-order valence-electron chi connectivity index (χ2n) is 2.14. The molecule has 2 heterocycles. The van der Waals surface area contributed by atoms with Crippen LogP contribution in [0.2, 0.25) is 0 Å². The lowest BCUT2D eigenvalue weighted by Gasteiger charge is -2.03. The van der Waals surface area contributed by atoms with Gasteiger partial charge < -0.3 is 4.74 Å². The fraction of sp³-hybridized carbons (Fsp3) is 0.429. The van der Waals surface area contributed by atoms with Crippen LogP contribution >= 0.6 is 11.8 Å². The normalized spacial score (nSPS) is 24.0. The SMILES string of the molecule is C1=C2CCOC2=CSC1. The maximum Gasteiger partial charge on any atom is 0.128 e. The fourth-order valence-corrected chi connectivity index (χ4v) is 1.84. The van der Waals surface area contributed by atoms with E-state index in [1.807, 2.05) is 11.8 Å². The molecule has 0 radical (unpaired) electrons. The van der Waals surface area contributed by atoms with Gasteiger partial charge >= 0.3 is 0 Å². The van der Waals surface area contributed by atoms with Crippen LogP contribution in [0.4, 0.5) is 0 Å². The number of thioether (sulfide) groups is 1. The van der Waals surface area contributed by atoms with Gasteiger partial charge in [-0.15, -0.1) is 11.8 Å². The second-order valence-corrected chi connectivity index (χ2v) is 3.05. The van der Waals surface area contributed by atoms with Crippen molar-refractivity contribution in [2.75, 3.05) is 12.4 Å². The summed E-state index contributed by atoms with van der Waals surface area (Å²) in [5.74, 6) is 2.24. The third-order valence-electron chi connectivity index (χ3n) is 1.56. The first-order valence-corrected chi connectivity index (χ1v) is 4.16. The summed E-state index contributed by atoms with van der Waals surface area (Å²) in [4.78, 5) is 0. The first-order chi connectivity index (χ1) is 4.47. The van der Waals surface area contributed by atoms with E-state index in [4.69, 9.17) is 4.74 Å². The smallest absolute Gasteiger partial charge is 0.128 e. The zero-order valence-corrected chi connectivity index (χ0v) is 5.91. The molecule has 0 saturated carbocycles. The van der Waals surface area contributed by atoms with Crippen molar-refractivity contribution in [2.24, 2.45) is 0 Å². The van der Waals surface area contributed by atoms with Gasteiger partial charge in [-0.05, 0) is 5.57 Å². The highest BCUT2D eigenvalue weighted by Gasteiger charge is 2.16. The average Bonchev–Trinajstić information content (AvgIpc) is 2.33. The average molecular weight is 140 g/mol. The molecule has 0 aromatic heterocycles. The van der Waals surface area contributed by atoms with E-state index in [1.165, 1.54) is 5.57 Å². The number of hydrogen-bond donors (Lipinski definition) is 0. The van der Waals surface area contributed by atoms with Crippen molar-refractivity contribution in [3.8, 4) is 0 Å². The highest BCUT2D eigenvalue weighted by molar-refractivity contribution is 8.02. The summed E-state index contributed by atoms with van der Waals surface area (Å²) in [7, 11) is 0. The van der Waals surface area contributed by atoms with Crippen molar-refractivity contribution >= 4 is 11.8 Å². The van der Waals surface area contributed by atoms with Crippen LogP contribution in [0.15, 0.2) is 22.8 Å². The number of ether oxygens (including phenoxy) is 1. The minimum Gasteiger partial charge on any atom is -0.492 e. The van der Waals surface area contributed by atoms with E-state index in [0.717, 1.165) is 24.5 Å². The monoisotopic (exact) mass is 140 g/mol. The second kappa shape index (κ2) is 2.10. The molecule has 1 nitrogen and oxygen atoms in total. The zero-order chi connectivity index (χ0) is 6.10. The van der Waals surface area contributed by atoms with Gasteiger partial charge in [-0.1, -0.05) is 6.08 Å². The van der Waals surface area contributed by atoms with Crippen molar-refractivity contribution in [3.63, 3.8) is 0 Å². The van der Waals surface area contributed by atoms with Crippen molar-refractivity contribution < 1.29 is 4.74 Å². The van der Waals surface area contributed by atoms with Crippen molar-refractivity contribution in [1.29, 1.82) is 0 Å². The van der Waals surface area contributed by atoms with E-state index in [2.05, 4.69) is 11.5 Å². The van der Waals surface area contributed by atoms with E-state index < -0.39 is 0 Å². The van der Waals surface area contributed by atoms with E-state index >= 15 is 0 Å². The Balaban J connectivity index is 2.30. The molecule has 2 aliphatic heterocycles. The van der Waals surface area contributed by atoms with Gasteiger partial charge in [-0.2, -0.15) is 0 Å². The lowest BCUT2D eigenvalue weighted by Crippen LogP contribution is -1.86. The van der Waals surface area contributed by atoms with Crippen LogP contribution in [0.1, 0.15) is 6.42 Å². The summed E-state index contributed by atoms with van der Waals surface area (Å²) in [6.45, 7) is 0.887. The summed E-state index contributed by atoms with van der Waals surface area (Å²) >= 11 is 1.81. The van der Waals surface area contributed by atoms with Gasteiger partial charge in [0.15, 0.2) is 0 Å². The van der Waals surface area contributed by atoms with Crippen LogP contribution in [0.3, 0.4) is 0 Å². The maximum absolute atomic E-state index is 5.33. The largest absolute Gasteiger partial charge is 0.492 e. The first-order valence-electron chi connectivity index (χ1n) is 3.11. The third kappa shape index (κ3) is 0.874. The number of hydrogen-bond acceptors (Lipinski definition) is 2. The van der Waals surface area contributed by atoms with Gasteiger partial charge in [-0.25, -0.2) is 0 Å². The van der Waals surface area contributed by atoms with Gasteiger partial charge in [0.1, 0.15) is 5.76 Å². The molecule has 0 bridgehead atoms. The lowest BCUT2D eigenvalue weighted by atomic mass is 10.2. The maximum atomic E-state index is 5.33. The van der Waals surface area contributed by atoms with Gasteiger partial charge in [0, 0.05) is 17.6 Å². The minimum absolute atomic E-state index is 0.887. The van der Waals surface area contributed by atoms with Crippen molar-refractivity contribution in [2.45, 2.75) is 6.42 Å². The van der Waals surface area contributed by atoms with E-state index in [0.29, 0.717) is 0 Å². The molecule has 0 amide bonds. The molecule has 0 spiro atoms. The van der Waals surface area contributed by atoms with Crippen LogP contribution in [-0.2, 0) is 4.74 Å². The molecule has 2 rings (SSSR count). The van der Waals surface area contributed by atoms with Gasteiger partial charge in [-0.3, -0.25) is 0 Å². The molecule has 0 aromatic carbocycles. The van der Waals surface area contributed by atoms with Crippen LogP contribution < -0.4 is 0 Å². The summed E-state index contributed by atoms with van der Waals surface area (Å²) < 4.78 is 5.33. The molecule has 0 atom stereocenters. The molecule has 1 fully saturated rings. The molecule has 2 heteroatoms. The molecule has 0 aliphatic carbocycles. The van der Waals surface area contributed by atoms with Crippen molar-refractivity contribution in [3.05, 3.63) is 22.8 Å². The van der Waals surface area contributed by atoms with E-state index in [1.54, 1.807) is 0 Å². The Morgan fingerprint density at radius 3 is 3.44 bits per heavy atom. The molecule has 48 valence electrons. The van der Waals surface area contributed by atoms with Gasteiger partial charge in [0.25, 0.3) is 0 Å². The predicted octanol–water partition coefficient (Wildman–Crippen LogP) is 1.92.